The van der Waals surface area contributed by atoms with E-state index in [1.54, 1.807) is 6.07 Å². The molecule has 1 N–H and O–H groups in total. The minimum atomic E-state index is -0.0667. The zero-order valence-electron chi connectivity index (χ0n) is 12.9. The zero-order chi connectivity index (χ0) is 15.9. The van der Waals surface area contributed by atoms with Crippen LogP contribution in [-0.4, -0.2) is 26.3 Å². The molecule has 2 aromatic carbocycles. The molecule has 114 valence electrons. The van der Waals surface area contributed by atoms with Gasteiger partial charge in [0.2, 0.25) is 5.75 Å². The Kier molecular flexibility index (Phi) is 3.41. The molecule has 0 spiro atoms. The number of aryl methyl sites for hydroxylation is 1. The number of pyridine rings is 1. The van der Waals surface area contributed by atoms with Gasteiger partial charge in [0.15, 0.2) is 16.9 Å². The van der Waals surface area contributed by atoms with Crippen LogP contribution in [0.1, 0.15) is 5.56 Å². The van der Waals surface area contributed by atoms with Crippen LogP contribution in [0.15, 0.2) is 29.1 Å². The molecule has 0 saturated heterocycles. The quantitative estimate of drug-likeness (QED) is 0.755. The number of methoxy groups -OCH3 is 3. The SMILES string of the molecule is COc1cc2c(=O)c3ccc(C)cc3[nH]c2c(OC)c1OC. The summed E-state index contributed by atoms with van der Waals surface area (Å²) in [5.74, 6) is 1.38. The molecule has 0 saturated carbocycles. The molecular weight excluding hydrogens is 282 g/mol. The van der Waals surface area contributed by atoms with Crippen molar-refractivity contribution in [2.45, 2.75) is 6.92 Å². The fourth-order valence-electron chi connectivity index (χ4n) is 2.70. The Bertz CT molecular complexity index is 927. The number of aromatic nitrogens is 1. The molecule has 0 unspecified atom stereocenters. The van der Waals surface area contributed by atoms with E-state index in [4.69, 9.17) is 14.2 Å². The summed E-state index contributed by atoms with van der Waals surface area (Å²) < 4.78 is 16.1. The maximum atomic E-state index is 12.8. The van der Waals surface area contributed by atoms with Crippen LogP contribution < -0.4 is 19.6 Å². The van der Waals surface area contributed by atoms with Crippen LogP contribution in [0.3, 0.4) is 0 Å². The third kappa shape index (κ3) is 1.97. The fourth-order valence-corrected chi connectivity index (χ4v) is 2.70. The van der Waals surface area contributed by atoms with Gasteiger partial charge in [-0.15, -0.1) is 0 Å². The topological polar surface area (TPSA) is 60.6 Å². The van der Waals surface area contributed by atoms with Crippen molar-refractivity contribution in [3.8, 4) is 17.2 Å². The second kappa shape index (κ2) is 5.26. The minimum absolute atomic E-state index is 0.0667. The van der Waals surface area contributed by atoms with Gasteiger partial charge in [0.05, 0.1) is 37.7 Å². The second-order valence-corrected chi connectivity index (χ2v) is 5.07. The summed E-state index contributed by atoms with van der Waals surface area (Å²) in [6.45, 7) is 1.98. The summed E-state index contributed by atoms with van der Waals surface area (Å²) in [6.07, 6.45) is 0. The van der Waals surface area contributed by atoms with Crippen molar-refractivity contribution in [2.75, 3.05) is 21.3 Å². The van der Waals surface area contributed by atoms with Gasteiger partial charge in [-0.25, -0.2) is 0 Å². The highest BCUT2D eigenvalue weighted by Gasteiger charge is 2.19. The van der Waals surface area contributed by atoms with Crippen molar-refractivity contribution in [2.24, 2.45) is 0 Å². The van der Waals surface area contributed by atoms with Gasteiger partial charge < -0.3 is 19.2 Å². The minimum Gasteiger partial charge on any atom is -0.493 e. The molecule has 0 atom stereocenters. The van der Waals surface area contributed by atoms with Crippen LogP contribution in [0.5, 0.6) is 17.2 Å². The number of aromatic amines is 1. The van der Waals surface area contributed by atoms with E-state index in [-0.39, 0.29) is 5.43 Å². The molecule has 0 bridgehead atoms. The Morgan fingerprint density at radius 1 is 0.909 bits per heavy atom. The number of rotatable bonds is 3. The highest BCUT2D eigenvalue weighted by molar-refractivity contribution is 5.98. The number of ether oxygens (including phenoxy) is 3. The fraction of sp³-hybridized carbons (Fsp3) is 0.235. The van der Waals surface area contributed by atoms with Crippen LogP contribution in [0.4, 0.5) is 0 Å². The number of H-pyrrole nitrogens is 1. The molecule has 3 aromatic rings. The standard InChI is InChI=1S/C17H17NO4/c1-9-5-6-10-12(7-9)18-14-11(15(10)19)8-13(20-2)16(21-3)17(14)22-4/h5-8H,1-4H3,(H,18,19). The number of benzene rings is 2. The molecule has 0 aliphatic carbocycles. The van der Waals surface area contributed by atoms with E-state index in [1.165, 1.54) is 21.3 Å². The Morgan fingerprint density at radius 3 is 2.27 bits per heavy atom. The van der Waals surface area contributed by atoms with Crippen molar-refractivity contribution in [3.05, 3.63) is 40.1 Å². The summed E-state index contributed by atoms with van der Waals surface area (Å²) >= 11 is 0. The maximum absolute atomic E-state index is 12.8. The maximum Gasteiger partial charge on any atom is 0.205 e. The Labute approximate surface area is 127 Å². The Balaban J connectivity index is 2.55. The van der Waals surface area contributed by atoms with Gasteiger partial charge in [0.1, 0.15) is 0 Å². The summed E-state index contributed by atoms with van der Waals surface area (Å²) in [4.78, 5) is 16.0. The van der Waals surface area contributed by atoms with Gasteiger partial charge in [-0.05, 0) is 30.7 Å². The first-order chi connectivity index (χ1) is 10.6. The van der Waals surface area contributed by atoms with Crippen molar-refractivity contribution >= 4 is 21.8 Å². The Morgan fingerprint density at radius 2 is 1.64 bits per heavy atom. The first-order valence-electron chi connectivity index (χ1n) is 6.86. The molecule has 5 heteroatoms. The molecule has 0 aliphatic heterocycles. The normalized spacial score (nSPS) is 10.9. The average Bonchev–Trinajstić information content (AvgIpc) is 2.53. The van der Waals surface area contributed by atoms with Crippen LogP contribution in [0, 0.1) is 6.92 Å². The van der Waals surface area contributed by atoms with Crippen molar-refractivity contribution in [1.29, 1.82) is 0 Å². The molecule has 0 aliphatic rings. The summed E-state index contributed by atoms with van der Waals surface area (Å²) in [6, 6.07) is 7.36. The van der Waals surface area contributed by atoms with E-state index in [0.717, 1.165) is 11.1 Å². The second-order valence-electron chi connectivity index (χ2n) is 5.07. The van der Waals surface area contributed by atoms with Crippen LogP contribution in [0.2, 0.25) is 0 Å². The number of hydrogen-bond acceptors (Lipinski definition) is 4. The molecular formula is C17H17NO4. The van der Waals surface area contributed by atoms with E-state index in [1.807, 2.05) is 25.1 Å². The van der Waals surface area contributed by atoms with Gasteiger partial charge >= 0.3 is 0 Å². The van der Waals surface area contributed by atoms with E-state index >= 15 is 0 Å². The first kappa shape index (κ1) is 14.3. The van der Waals surface area contributed by atoms with Gasteiger partial charge in [-0.1, -0.05) is 6.07 Å². The Hall–Kier alpha value is -2.69. The highest BCUT2D eigenvalue weighted by Crippen LogP contribution is 2.42. The molecule has 0 fully saturated rings. The number of nitrogens with one attached hydrogen (secondary N) is 1. The van der Waals surface area contributed by atoms with Gasteiger partial charge in [-0.2, -0.15) is 0 Å². The van der Waals surface area contributed by atoms with E-state index in [0.29, 0.717) is 33.5 Å². The molecule has 1 aromatic heterocycles. The van der Waals surface area contributed by atoms with Crippen molar-refractivity contribution in [3.63, 3.8) is 0 Å². The molecule has 0 radical (unpaired) electrons. The lowest BCUT2D eigenvalue weighted by molar-refractivity contribution is 0.327. The van der Waals surface area contributed by atoms with Gasteiger partial charge in [0.25, 0.3) is 0 Å². The smallest absolute Gasteiger partial charge is 0.205 e. The first-order valence-corrected chi connectivity index (χ1v) is 6.86. The van der Waals surface area contributed by atoms with Crippen molar-refractivity contribution < 1.29 is 14.2 Å². The largest absolute Gasteiger partial charge is 0.493 e. The third-order valence-electron chi connectivity index (χ3n) is 3.75. The molecule has 5 nitrogen and oxygen atoms in total. The van der Waals surface area contributed by atoms with Crippen LogP contribution >= 0.6 is 0 Å². The lowest BCUT2D eigenvalue weighted by atomic mass is 10.1. The van der Waals surface area contributed by atoms with Crippen LogP contribution in [-0.2, 0) is 0 Å². The summed E-state index contributed by atoms with van der Waals surface area (Å²) in [5.41, 5.74) is 2.37. The monoisotopic (exact) mass is 299 g/mol. The van der Waals surface area contributed by atoms with Gasteiger partial charge in [-0.3, -0.25) is 4.79 Å². The van der Waals surface area contributed by atoms with E-state index < -0.39 is 0 Å². The third-order valence-corrected chi connectivity index (χ3v) is 3.75. The molecule has 3 rings (SSSR count). The lowest BCUT2D eigenvalue weighted by Crippen LogP contribution is -2.07. The van der Waals surface area contributed by atoms with E-state index in [2.05, 4.69) is 4.98 Å². The van der Waals surface area contributed by atoms with E-state index in [9.17, 15) is 4.79 Å². The molecule has 22 heavy (non-hydrogen) atoms. The number of hydrogen-bond donors (Lipinski definition) is 1. The lowest BCUT2D eigenvalue weighted by Gasteiger charge is -2.15. The predicted octanol–water partition coefficient (Wildman–Crippen LogP) is 3.02. The summed E-state index contributed by atoms with van der Waals surface area (Å²) in [7, 11) is 4.60. The molecule has 0 amide bonds. The average molecular weight is 299 g/mol. The number of fused-ring (bicyclic) bond motifs is 2. The van der Waals surface area contributed by atoms with Crippen LogP contribution in [0.25, 0.3) is 21.8 Å². The zero-order valence-corrected chi connectivity index (χ0v) is 12.9. The molecule has 1 heterocycles. The van der Waals surface area contributed by atoms with Gasteiger partial charge in [0, 0.05) is 5.39 Å². The van der Waals surface area contributed by atoms with Crippen molar-refractivity contribution in [1.82, 2.24) is 4.98 Å². The predicted molar refractivity (Wildman–Crippen MR) is 86.5 cm³/mol. The highest BCUT2D eigenvalue weighted by atomic mass is 16.5. The summed E-state index contributed by atoms with van der Waals surface area (Å²) in [5, 5.41) is 1.14.